The molecule has 20 heavy (non-hydrogen) atoms. The Labute approximate surface area is 129 Å². The molecule has 1 saturated carbocycles. The van der Waals surface area contributed by atoms with Gasteiger partial charge in [0.05, 0.1) is 15.7 Å². The van der Waals surface area contributed by atoms with E-state index in [1.807, 2.05) is 0 Å². The van der Waals surface area contributed by atoms with Gasteiger partial charge < -0.3 is 5.32 Å². The van der Waals surface area contributed by atoms with Crippen LogP contribution in [0.4, 0.5) is 19.0 Å². The highest BCUT2D eigenvalue weighted by atomic mass is 127. The summed E-state index contributed by atoms with van der Waals surface area (Å²) in [5.74, 6) is 1.29. The van der Waals surface area contributed by atoms with Crippen LogP contribution in [-0.2, 0) is 6.42 Å². The van der Waals surface area contributed by atoms with Crippen molar-refractivity contribution in [1.82, 2.24) is 9.97 Å². The maximum atomic E-state index is 12.3. The highest BCUT2D eigenvalue weighted by Crippen LogP contribution is 2.37. The van der Waals surface area contributed by atoms with Crippen LogP contribution in [0.3, 0.4) is 0 Å². The lowest BCUT2D eigenvalue weighted by Crippen LogP contribution is -2.14. The predicted molar refractivity (Wildman–Crippen MR) is 79.9 cm³/mol. The van der Waals surface area contributed by atoms with E-state index in [2.05, 4.69) is 37.9 Å². The van der Waals surface area contributed by atoms with E-state index in [0.717, 1.165) is 34.9 Å². The third-order valence-electron chi connectivity index (χ3n) is 3.53. The Hall–Kier alpha value is -0.600. The average Bonchev–Trinajstić information content (AvgIpc) is 2.90. The Morgan fingerprint density at radius 2 is 1.90 bits per heavy atom. The van der Waals surface area contributed by atoms with Gasteiger partial charge in [0, 0.05) is 19.4 Å². The average molecular weight is 399 g/mol. The number of aromatic nitrogens is 2. The van der Waals surface area contributed by atoms with Crippen LogP contribution >= 0.6 is 22.6 Å². The van der Waals surface area contributed by atoms with E-state index < -0.39 is 12.6 Å². The van der Waals surface area contributed by atoms with Crippen molar-refractivity contribution >= 4 is 28.4 Å². The first-order valence-electron chi connectivity index (χ1n) is 6.71. The van der Waals surface area contributed by atoms with Gasteiger partial charge in [0.25, 0.3) is 0 Å². The second kappa shape index (κ2) is 6.44. The van der Waals surface area contributed by atoms with E-state index in [4.69, 9.17) is 0 Å². The minimum absolute atomic E-state index is 0.158. The predicted octanol–water partition coefficient (Wildman–Crippen LogP) is 4.28. The molecule has 2 rings (SSSR count). The van der Waals surface area contributed by atoms with Crippen molar-refractivity contribution in [3.8, 4) is 0 Å². The standard InChI is InChI=1S/C13H17F3IN3/c1-18-12-10(17)11(8-4-2-3-5-8)19-9(20-12)6-7-13(14,15)16/h8H,2-7H2,1H3,(H,18,19,20). The Bertz CT molecular complexity index is 471. The largest absolute Gasteiger partial charge is 0.389 e. The normalized spacial score (nSPS) is 16.6. The first kappa shape index (κ1) is 15.8. The second-order valence-electron chi connectivity index (χ2n) is 5.03. The van der Waals surface area contributed by atoms with Crippen molar-refractivity contribution < 1.29 is 13.2 Å². The van der Waals surface area contributed by atoms with Crippen molar-refractivity contribution in [2.45, 2.75) is 50.6 Å². The van der Waals surface area contributed by atoms with E-state index in [0.29, 0.717) is 11.7 Å². The zero-order chi connectivity index (χ0) is 14.8. The molecule has 3 nitrogen and oxygen atoms in total. The van der Waals surface area contributed by atoms with Gasteiger partial charge in [-0.15, -0.1) is 0 Å². The molecule has 0 bridgehead atoms. The smallest absolute Gasteiger partial charge is 0.372 e. The number of hydrogen-bond donors (Lipinski definition) is 1. The van der Waals surface area contributed by atoms with Crippen LogP contribution in [0.15, 0.2) is 0 Å². The molecule has 1 aliphatic carbocycles. The fraction of sp³-hybridized carbons (Fsp3) is 0.692. The molecule has 0 saturated heterocycles. The molecular formula is C13H17F3IN3. The summed E-state index contributed by atoms with van der Waals surface area (Å²) in [7, 11) is 1.73. The number of halogens is 4. The fourth-order valence-corrected chi connectivity index (χ4v) is 3.46. The molecule has 1 N–H and O–H groups in total. The van der Waals surface area contributed by atoms with Crippen molar-refractivity contribution in [2.24, 2.45) is 0 Å². The van der Waals surface area contributed by atoms with Gasteiger partial charge >= 0.3 is 6.18 Å². The molecule has 0 radical (unpaired) electrons. The van der Waals surface area contributed by atoms with E-state index >= 15 is 0 Å². The minimum Gasteiger partial charge on any atom is -0.372 e. The van der Waals surface area contributed by atoms with Crippen LogP contribution in [-0.4, -0.2) is 23.2 Å². The SMILES string of the molecule is CNc1nc(CCC(F)(F)F)nc(C2CCCC2)c1I. The van der Waals surface area contributed by atoms with Crippen LogP contribution in [0.1, 0.15) is 49.5 Å². The fourth-order valence-electron chi connectivity index (χ4n) is 2.51. The highest BCUT2D eigenvalue weighted by Gasteiger charge is 2.28. The number of alkyl halides is 3. The molecule has 0 aromatic carbocycles. The maximum absolute atomic E-state index is 12.3. The van der Waals surface area contributed by atoms with Gasteiger partial charge in [-0.05, 0) is 35.4 Å². The molecule has 1 aliphatic rings. The third-order valence-corrected chi connectivity index (χ3v) is 4.60. The lowest BCUT2D eigenvalue weighted by atomic mass is 10.0. The molecule has 0 spiro atoms. The van der Waals surface area contributed by atoms with Crippen LogP contribution in [0.2, 0.25) is 0 Å². The number of hydrogen-bond acceptors (Lipinski definition) is 3. The summed E-state index contributed by atoms with van der Waals surface area (Å²) >= 11 is 2.18. The van der Waals surface area contributed by atoms with Crippen LogP contribution in [0.25, 0.3) is 0 Å². The van der Waals surface area contributed by atoms with Crippen molar-refractivity contribution in [3.05, 3.63) is 15.1 Å². The molecule has 1 fully saturated rings. The highest BCUT2D eigenvalue weighted by molar-refractivity contribution is 14.1. The first-order chi connectivity index (χ1) is 9.40. The van der Waals surface area contributed by atoms with Crippen molar-refractivity contribution in [2.75, 3.05) is 12.4 Å². The van der Waals surface area contributed by atoms with Gasteiger partial charge in [-0.3, -0.25) is 0 Å². The molecular weight excluding hydrogens is 382 g/mol. The molecule has 0 aliphatic heterocycles. The molecule has 112 valence electrons. The summed E-state index contributed by atoms with van der Waals surface area (Å²) in [5.41, 5.74) is 0.916. The topological polar surface area (TPSA) is 37.8 Å². The van der Waals surface area contributed by atoms with Gasteiger partial charge in [0.15, 0.2) is 0 Å². The number of nitrogens with zero attached hydrogens (tertiary/aromatic N) is 2. The van der Waals surface area contributed by atoms with Gasteiger partial charge in [0.2, 0.25) is 0 Å². The number of anilines is 1. The molecule has 1 aromatic heterocycles. The Balaban J connectivity index is 2.26. The molecule has 1 aromatic rings. The minimum atomic E-state index is -4.17. The van der Waals surface area contributed by atoms with Gasteiger partial charge in [-0.1, -0.05) is 12.8 Å². The van der Waals surface area contributed by atoms with E-state index in [9.17, 15) is 13.2 Å². The van der Waals surface area contributed by atoms with Gasteiger partial charge in [0.1, 0.15) is 11.6 Å². The zero-order valence-corrected chi connectivity index (χ0v) is 13.4. The number of rotatable bonds is 4. The van der Waals surface area contributed by atoms with Crippen molar-refractivity contribution in [1.29, 1.82) is 0 Å². The molecule has 0 amide bonds. The van der Waals surface area contributed by atoms with E-state index in [1.165, 1.54) is 0 Å². The van der Waals surface area contributed by atoms with Gasteiger partial charge in [-0.2, -0.15) is 13.2 Å². The van der Waals surface area contributed by atoms with Gasteiger partial charge in [-0.25, -0.2) is 9.97 Å². The second-order valence-corrected chi connectivity index (χ2v) is 6.11. The summed E-state index contributed by atoms with van der Waals surface area (Å²) < 4.78 is 37.9. The van der Waals surface area contributed by atoms with Crippen LogP contribution in [0.5, 0.6) is 0 Å². The monoisotopic (exact) mass is 399 g/mol. The first-order valence-corrected chi connectivity index (χ1v) is 7.79. The summed E-state index contributed by atoms with van der Waals surface area (Å²) in [6.45, 7) is 0. The lowest BCUT2D eigenvalue weighted by molar-refractivity contribution is -0.134. The Morgan fingerprint density at radius 1 is 1.25 bits per heavy atom. The Morgan fingerprint density at radius 3 is 2.45 bits per heavy atom. The Kier molecular flexibility index (Phi) is 5.09. The third kappa shape index (κ3) is 3.95. The quantitative estimate of drug-likeness (QED) is 0.769. The van der Waals surface area contributed by atoms with E-state index in [1.54, 1.807) is 7.05 Å². The van der Waals surface area contributed by atoms with Crippen LogP contribution in [0, 0.1) is 3.57 Å². The zero-order valence-electron chi connectivity index (χ0n) is 11.2. The number of aryl methyl sites for hydroxylation is 1. The molecule has 7 heteroatoms. The molecule has 0 atom stereocenters. The number of nitrogens with one attached hydrogen (secondary N) is 1. The molecule has 1 heterocycles. The van der Waals surface area contributed by atoms with Crippen molar-refractivity contribution in [3.63, 3.8) is 0 Å². The van der Waals surface area contributed by atoms with Crippen LogP contribution < -0.4 is 5.32 Å². The lowest BCUT2D eigenvalue weighted by Gasteiger charge is -2.15. The summed E-state index contributed by atoms with van der Waals surface area (Å²) in [6.07, 6.45) is -0.742. The maximum Gasteiger partial charge on any atom is 0.389 e. The summed E-state index contributed by atoms with van der Waals surface area (Å²) in [4.78, 5) is 8.60. The molecule has 0 unspecified atom stereocenters. The summed E-state index contributed by atoms with van der Waals surface area (Å²) in [6, 6.07) is 0. The van der Waals surface area contributed by atoms with E-state index in [-0.39, 0.29) is 12.2 Å². The summed E-state index contributed by atoms with van der Waals surface area (Å²) in [5, 5.41) is 2.96.